The molecular weight excluding hydrogens is 388 g/mol. The number of hydrogen-bond acceptors (Lipinski definition) is 3. The van der Waals surface area contributed by atoms with Crippen LogP contribution in [0.3, 0.4) is 0 Å². The number of carbonyl (C=O) groups excluding carboxylic acids is 2. The molecule has 0 aliphatic carbocycles. The second-order valence-electron chi connectivity index (χ2n) is 7.37. The highest BCUT2D eigenvalue weighted by Gasteiger charge is 2.21. The topological polar surface area (TPSA) is 67.2 Å². The van der Waals surface area contributed by atoms with Crippen molar-refractivity contribution < 1.29 is 9.59 Å². The minimum Gasteiger partial charge on any atom is -0.346 e. The van der Waals surface area contributed by atoms with Crippen molar-refractivity contribution in [3.05, 3.63) is 91.3 Å². The lowest BCUT2D eigenvalue weighted by Crippen LogP contribution is -2.35. The molecule has 160 valence electrons. The molecule has 3 rings (SSSR count). The third-order valence-electron chi connectivity index (χ3n) is 5.00. The molecule has 1 unspecified atom stereocenters. The van der Waals surface area contributed by atoms with Gasteiger partial charge >= 0.3 is 0 Å². The van der Waals surface area contributed by atoms with E-state index in [1.165, 1.54) is 0 Å². The van der Waals surface area contributed by atoms with Gasteiger partial charge in [-0.15, -0.1) is 13.2 Å². The molecule has 6 nitrogen and oxygen atoms in total. The zero-order valence-electron chi connectivity index (χ0n) is 17.8. The van der Waals surface area contributed by atoms with Crippen LogP contribution in [-0.2, 0) is 22.6 Å². The molecule has 2 aromatic carbocycles. The number of nitrogens with one attached hydrogen (secondary N) is 1. The van der Waals surface area contributed by atoms with Crippen LogP contribution in [-0.4, -0.2) is 39.4 Å². The van der Waals surface area contributed by atoms with Gasteiger partial charge in [-0.2, -0.15) is 0 Å². The fraction of sp³-hybridized carbons (Fsp3) is 0.240. The SMILES string of the molecule is C=CCN(CC=C)C(=O)Cn1c(C(C)NC(=O)Cc2ccccc2)nc2ccccc21. The summed E-state index contributed by atoms with van der Waals surface area (Å²) in [6.07, 6.45) is 3.68. The number of nitrogens with zero attached hydrogens (tertiary/aromatic N) is 3. The summed E-state index contributed by atoms with van der Waals surface area (Å²) < 4.78 is 1.88. The molecule has 0 radical (unpaired) electrons. The Morgan fingerprint density at radius 1 is 1.06 bits per heavy atom. The average Bonchev–Trinajstić information content (AvgIpc) is 3.13. The Morgan fingerprint density at radius 2 is 1.71 bits per heavy atom. The Morgan fingerprint density at radius 3 is 2.39 bits per heavy atom. The first kappa shape index (κ1) is 22.0. The van der Waals surface area contributed by atoms with E-state index in [2.05, 4.69) is 18.5 Å². The molecule has 0 aliphatic heterocycles. The van der Waals surface area contributed by atoms with E-state index in [4.69, 9.17) is 4.98 Å². The molecule has 1 aromatic heterocycles. The molecule has 1 N–H and O–H groups in total. The molecule has 6 heteroatoms. The van der Waals surface area contributed by atoms with Gasteiger partial charge in [-0.1, -0.05) is 54.6 Å². The van der Waals surface area contributed by atoms with E-state index in [1.54, 1.807) is 17.1 Å². The Labute approximate surface area is 182 Å². The molecule has 0 saturated heterocycles. The number of imidazole rings is 1. The van der Waals surface area contributed by atoms with E-state index >= 15 is 0 Å². The van der Waals surface area contributed by atoms with Crippen LogP contribution < -0.4 is 5.32 Å². The molecule has 1 atom stereocenters. The van der Waals surface area contributed by atoms with E-state index in [1.807, 2.05) is 66.1 Å². The molecule has 0 fully saturated rings. The van der Waals surface area contributed by atoms with Gasteiger partial charge in [-0.25, -0.2) is 4.98 Å². The second kappa shape index (κ2) is 10.4. The standard InChI is InChI=1S/C25H28N4O2/c1-4-15-28(16-5-2)24(31)18-29-22-14-10-9-13-21(22)27-25(29)19(3)26-23(30)17-20-11-7-6-8-12-20/h4-14,19H,1-2,15-18H2,3H3,(H,26,30). The zero-order chi connectivity index (χ0) is 22.2. The van der Waals surface area contributed by atoms with Crippen LogP contribution in [0.5, 0.6) is 0 Å². The van der Waals surface area contributed by atoms with Crippen molar-refractivity contribution in [3.63, 3.8) is 0 Å². The summed E-state index contributed by atoms with van der Waals surface area (Å²) in [5.41, 5.74) is 2.58. The number of para-hydroxylation sites is 2. The molecule has 1 heterocycles. The molecular formula is C25H28N4O2. The van der Waals surface area contributed by atoms with Gasteiger partial charge in [0.25, 0.3) is 0 Å². The van der Waals surface area contributed by atoms with Crippen LogP contribution in [0.15, 0.2) is 79.9 Å². The summed E-state index contributed by atoms with van der Waals surface area (Å²) >= 11 is 0. The first-order chi connectivity index (χ1) is 15.0. The molecule has 0 aliphatic rings. The minimum atomic E-state index is -0.358. The Hall–Kier alpha value is -3.67. The predicted molar refractivity (Wildman–Crippen MR) is 123 cm³/mol. The van der Waals surface area contributed by atoms with E-state index < -0.39 is 0 Å². The van der Waals surface area contributed by atoms with Crippen molar-refractivity contribution >= 4 is 22.8 Å². The summed E-state index contributed by atoms with van der Waals surface area (Å²) in [5, 5.41) is 3.02. The van der Waals surface area contributed by atoms with E-state index in [0.29, 0.717) is 18.9 Å². The predicted octanol–water partition coefficient (Wildman–Crippen LogP) is 3.66. The fourth-order valence-electron chi connectivity index (χ4n) is 3.55. The second-order valence-corrected chi connectivity index (χ2v) is 7.37. The third-order valence-corrected chi connectivity index (χ3v) is 5.00. The highest BCUT2D eigenvalue weighted by Crippen LogP contribution is 2.21. The zero-order valence-corrected chi connectivity index (χ0v) is 17.8. The largest absolute Gasteiger partial charge is 0.346 e. The van der Waals surface area contributed by atoms with Crippen LogP contribution in [0.2, 0.25) is 0 Å². The van der Waals surface area contributed by atoms with Gasteiger partial charge in [0.15, 0.2) is 0 Å². The smallest absolute Gasteiger partial charge is 0.243 e. The van der Waals surface area contributed by atoms with Gasteiger partial charge in [0.1, 0.15) is 12.4 Å². The van der Waals surface area contributed by atoms with Crippen LogP contribution in [0, 0.1) is 0 Å². The molecule has 2 amide bonds. The van der Waals surface area contributed by atoms with Gasteiger partial charge in [-0.05, 0) is 24.6 Å². The van der Waals surface area contributed by atoms with Crippen LogP contribution in [0.25, 0.3) is 11.0 Å². The van der Waals surface area contributed by atoms with Crippen LogP contribution >= 0.6 is 0 Å². The Bertz CT molecular complexity index is 1060. The minimum absolute atomic E-state index is 0.0629. The average molecular weight is 417 g/mol. The van der Waals surface area contributed by atoms with Crippen molar-refractivity contribution in [1.29, 1.82) is 0 Å². The summed E-state index contributed by atoms with van der Waals surface area (Å²) in [6, 6.07) is 16.9. The Kier molecular flexibility index (Phi) is 7.38. The number of rotatable bonds is 10. The lowest BCUT2D eigenvalue weighted by Gasteiger charge is -2.22. The van der Waals surface area contributed by atoms with Crippen molar-refractivity contribution in [2.45, 2.75) is 25.9 Å². The summed E-state index contributed by atoms with van der Waals surface area (Å²) in [6.45, 7) is 10.3. The molecule has 0 bridgehead atoms. The summed E-state index contributed by atoms with van der Waals surface area (Å²) in [5.74, 6) is 0.490. The van der Waals surface area contributed by atoms with Crippen LogP contribution in [0.4, 0.5) is 0 Å². The van der Waals surface area contributed by atoms with Gasteiger partial charge in [0, 0.05) is 13.1 Å². The van der Waals surface area contributed by atoms with Crippen molar-refractivity contribution in [2.75, 3.05) is 13.1 Å². The molecule has 0 saturated carbocycles. The normalized spacial score (nSPS) is 11.6. The lowest BCUT2D eigenvalue weighted by atomic mass is 10.1. The fourth-order valence-corrected chi connectivity index (χ4v) is 3.55. The molecule has 31 heavy (non-hydrogen) atoms. The monoisotopic (exact) mass is 416 g/mol. The van der Waals surface area contributed by atoms with Crippen molar-refractivity contribution in [1.82, 2.24) is 19.8 Å². The highest BCUT2D eigenvalue weighted by molar-refractivity contribution is 5.82. The van der Waals surface area contributed by atoms with Gasteiger partial charge in [-0.3, -0.25) is 9.59 Å². The van der Waals surface area contributed by atoms with E-state index in [0.717, 1.165) is 16.6 Å². The number of aromatic nitrogens is 2. The summed E-state index contributed by atoms with van der Waals surface area (Å²) in [4.78, 5) is 31.9. The summed E-state index contributed by atoms with van der Waals surface area (Å²) in [7, 11) is 0. The van der Waals surface area contributed by atoms with Crippen LogP contribution in [0.1, 0.15) is 24.4 Å². The number of fused-ring (bicyclic) bond motifs is 1. The van der Waals surface area contributed by atoms with Gasteiger partial charge < -0.3 is 14.8 Å². The highest BCUT2D eigenvalue weighted by atomic mass is 16.2. The maximum Gasteiger partial charge on any atom is 0.243 e. The number of benzene rings is 2. The van der Waals surface area contributed by atoms with Gasteiger partial charge in [0.2, 0.25) is 11.8 Å². The van der Waals surface area contributed by atoms with Crippen molar-refractivity contribution in [2.24, 2.45) is 0 Å². The maximum atomic E-state index is 13.0. The number of hydrogen-bond donors (Lipinski definition) is 1. The quantitative estimate of drug-likeness (QED) is 0.513. The molecule has 3 aromatic rings. The molecule has 0 spiro atoms. The Balaban J connectivity index is 1.84. The first-order valence-electron chi connectivity index (χ1n) is 10.3. The number of amides is 2. The van der Waals surface area contributed by atoms with Gasteiger partial charge in [0.05, 0.1) is 23.5 Å². The van der Waals surface area contributed by atoms with E-state index in [9.17, 15) is 9.59 Å². The third kappa shape index (κ3) is 5.48. The van der Waals surface area contributed by atoms with Crippen molar-refractivity contribution in [3.8, 4) is 0 Å². The van der Waals surface area contributed by atoms with E-state index in [-0.39, 0.29) is 30.8 Å². The number of carbonyl (C=O) groups is 2. The lowest BCUT2D eigenvalue weighted by molar-refractivity contribution is -0.130. The first-order valence-corrected chi connectivity index (χ1v) is 10.3. The maximum absolute atomic E-state index is 13.0.